The van der Waals surface area contributed by atoms with E-state index in [0.717, 1.165) is 155 Å². The summed E-state index contributed by atoms with van der Waals surface area (Å²) < 4.78 is 22.5. The molecule has 0 N–H and O–H groups in total. The number of nitrogens with zero attached hydrogens (tertiary/aromatic N) is 14. The topological polar surface area (TPSA) is 191 Å². The summed E-state index contributed by atoms with van der Waals surface area (Å²) in [5.41, 5.74) is 19.4. The number of hydrogen-bond donors (Lipinski definition) is 0. The number of furan rings is 2. The largest absolute Gasteiger partial charge is 0.456 e. The minimum absolute atomic E-state index is 0.492. The van der Waals surface area contributed by atoms with Gasteiger partial charge in [0.1, 0.15) is 22.3 Å². The summed E-state index contributed by atoms with van der Waals surface area (Å²) in [7, 11) is 0. The van der Waals surface area contributed by atoms with Gasteiger partial charge in [-0.15, -0.1) is 22.7 Å². The monoisotopic (exact) mass is 1800 g/mol. The molecule has 0 spiro atoms. The van der Waals surface area contributed by atoms with Crippen molar-refractivity contribution in [2.45, 2.75) is 0 Å². The van der Waals surface area contributed by atoms with Crippen LogP contribution in [0.5, 0.6) is 0 Å². The van der Waals surface area contributed by atoms with Crippen LogP contribution < -0.4 is 0 Å². The first kappa shape index (κ1) is 79.4. The molecular formula is C120H70N14O2S2. The van der Waals surface area contributed by atoms with Gasteiger partial charge in [-0.25, -0.2) is 59.8 Å². The van der Waals surface area contributed by atoms with E-state index in [2.05, 4.69) is 209 Å². The highest BCUT2D eigenvalue weighted by molar-refractivity contribution is 7.26. The van der Waals surface area contributed by atoms with Crippen molar-refractivity contribution in [3.8, 4) is 148 Å². The molecule has 0 atom stereocenters. The zero-order valence-electron chi connectivity index (χ0n) is 73.3. The van der Waals surface area contributed by atoms with E-state index in [0.29, 0.717) is 69.9 Å². The predicted molar refractivity (Wildman–Crippen MR) is 561 cm³/mol. The Morgan fingerprint density at radius 3 is 0.920 bits per heavy atom. The lowest BCUT2D eigenvalue weighted by Gasteiger charge is -2.16. The number of benzene rings is 18. The number of fused-ring (bicyclic) bond motifs is 20. The molecule has 18 heteroatoms. The maximum absolute atomic E-state index is 6.46. The van der Waals surface area contributed by atoms with Crippen molar-refractivity contribution in [1.29, 1.82) is 0 Å². The van der Waals surface area contributed by atoms with Gasteiger partial charge in [0.25, 0.3) is 0 Å². The second-order valence-corrected chi connectivity index (χ2v) is 36.2. The highest BCUT2D eigenvalue weighted by Crippen LogP contribution is 2.49. The molecular weight excluding hydrogens is 1730 g/mol. The predicted octanol–water partition coefficient (Wildman–Crippen LogP) is 30.8. The SMILES string of the molecule is c1ccc(-c2nc(-c3ccc(-n4c5ccccc5c5c6c(ccc54)sc4ccccc46)c(-c4nc(-c5ccccc5)nc(-c5ccccc5)n4)c3)nc(-c3ccc4sc5ccccc5c4c3)n2)cc1.c1ccc(-c2nc(-c3ccccc3)nc(-c3cc(-c4nc(-c5ccccc5)nc(-c5cccc6oc7ccccc7c56)n4)ccc3-n3c4ccccc4c4c5c(ccc43)oc3ccccc35)n2)cc1. The normalized spacial score (nSPS) is 11.8. The fourth-order valence-electron chi connectivity index (χ4n) is 19.5. The highest BCUT2D eigenvalue weighted by Gasteiger charge is 2.29. The van der Waals surface area contributed by atoms with E-state index in [1.165, 1.54) is 51.1 Å². The third kappa shape index (κ3) is 13.6. The summed E-state index contributed by atoms with van der Waals surface area (Å²) in [6, 6.07) is 145. The van der Waals surface area contributed by atoms with Gasteiger partial charge in [0.15, 0.2) is 69.9 Å². The number of thiophene rings is 2. The average Bonchev–Trinajstić information content (AvgIpc) is 1.55. The molecule has 18 aromatic carbocycles. The molecule has 0 saturated carbocycles. The number of rotatable bonds is 14. The summed E-state index contributed by atoms with van der Waals surface area (Å²) in [5, 5.41) is 13.6. The van der Waals surface area contributed by atoms with Crippen molar-refractivity contribution in [1.82, 2.24) is 68.9 Å². The maximum atomic E-state index is 6.46. The second kappa shape index (κ2) is 32.8. The van der Waals surface area contributed by atoms with Crippen LogP contribution in [0, 0.1) is 0 Å². The Balaban J connectivity index is 0.000000139. The Bertz CT molecular complexity index is 9630. The molecule has 0 fully saturated rings. The Morgan fingerprint density at radius 2 is 0.464 bits per heavy atom. The summed E-state index contributed by atoms with van der Waals surface area (Å²) in [4.78, 5) is 62.9. The Kier molecular flexibility index (Phi) is 18.9. The number of aromatic nitrogens is 14. The molecule has 138 heavy (non-hydrogen) atoms. The summed E-state index contributed by atoms with van der Waals surface area (Å²) in [6.45, 7) is 0. The van der Waals surface area contributed by atoms with E-state index in [-0.39, 0.29) is 0 Å². The van der Waals surface area contributed by atoms with Gasteiger partial charge in [-0.3, -0.25) is 0 Å². The molecule has 644 valence electrons. The zero-order chi connectivity index (χ0) is 90.8. The molecule has 0 radical (unpaired) electrons. The first-order valence-electron chi connectivity index (χ1n) is 45.5. The lowest BCUT2D eigenvalue weighted by atomic mass is 10.0. The van der Waals surface area contributed by atoms with Crippen molar-refractivity contribution >= 4 is 151 Å². The van der Waals surface area contributed by atoms with Gasteiger partial charge >= 0.3 is 0 Å². The third-order valence-electron chi connectivity index (χ3n) is 25.8. The Morgan fingerprint density at radius 1 is 0.159 bits per heavy atom. The van der Waals surface area contributed by atoms with Crippen molar-refractivity contribution in [2.24, 2.45) is 0 Å². The third-order valence-corrected chi connectivity index (χ3v) is 28.1. The van der Waals surface area contributed by atoms with Crippen LogP contribution in [0.15, 0.2) is 433 Å². The minimum atomic E-state index is 0.492. The van der Waals surface area contributed by atoms with Gasteiger partial charge in [0.05, 0.1) is 33.4 Å². The van der Waals surface area contributed by atoms with E-state index >= 15 is 0 Å². The maximum Gasteiger partial charge on any atom is 0.166 e. The van der Waals surface area contributed by atoms with Gasteiger partial charge in [-0.1, -0.05) is 303 Å². The minimum Gasteiger partial charge on any atom is -0.456 e. The van der Waals surface area contributed by atoms with Gasteiger partial charge in [0.2, 0.25) is 0 Å². The second-order valence-electron chi connectivity index (χ2n) is 34.0. The first-order chi connectivity index (χ1) is 68.4. The summed E-state index contributed by atoms with van der Waals surface area (Å²) >= 11 is 3.63. The van der Waals surface area contributed by atoms with Crippen molar-refractivity contribution in [3.05, 3.63) is 425 Å². The standard InChI is InChI=1S/C60H35N7O2.C60H35N7S2/c1-4-17-36(18-5-1)55-61-56(37-19-6-2-7-20-37)65-60(64-55)44-35-39(31-32-46(44)67-45-27-13-10-23-40(45)53-47(67)33-34-51-54(53)42-25-12-15-29-49(42)69-51)58-62-57(38-21-8-3-9-22-38)63-59(66-58)43-26-16-30-50-52(43)41-24-11-14-28-48(41)68-50;1-4-16-36(17-5-1)55-62-58(64-59(63-55)40-29-32-51-44(34-40)41-22-11-14-26-49(41)68-51)39-28-30-47(45(35-39)60-65-56(37-18-6-2-7-19-37)61-57(66-60)38-20-8-3-9-21-38)67-46-25-13-10-23-42(46)53-48(67)31-33-52-54(53)43-24-12-15-27-50(43)69-52/h2*1-35H. The van der Waals surface area contributed by atoms with Crippen LogP contribution in [0.3, 0.4) is 0 Å². The number of para-hydroxylation sites is 4. The van der Waals surface area contributed by atoms with Gasteiger partial charge < -0.3 is 18.0 Å². The lowest BCUT2D eigenvalue weighted by molar-refractivity contribution is 0.668. The molecule has 0 aliphatic carbocycles. The smallest absolute Gasteiger partial charge is 0.166 e. The van der Waals surface area contributed by atoms with Gasteiger partial charge in [-0.05, 0) is 121 Å². The summed E-state index contributed by atoms with van der Waals surface area (Å²) in [6.07, 6.45) is 0. The molecule has 0 bridgehead atoms. The van der Waals surface area contributed by atoms with Crippen LogP contribution in [-0.4, -0.2) is 68.9 Å². The van der Waals surface area contributed by atoms with E-state index < -0.39 is 0 Å². The molecule has 28 aromatic rings. The first-order valence-corrected chi connectivity index (χ1v) is 47.2. The molecule has 0 aliphatic rings. The van der Waals surface area contributed by atoms with Crippen molar-refractivity contribution in [3.63, 3.8) is 0 Å². The van der Waals surface area contributed by atoms with Crippen LogP contribution in [0.2, 0.25) is 0 Å². The summed E-state index contributed by atoms with van der Waals surface area (Å²) in [5.74, 6) is 6.56. The van der Waals surface area contributed by atoms with E-state index in [1.54, 1.807) is 11.3 Å². The Labute approximate surface area is 795 Å². The van der Waals surface area contributed by atoms with Crippen molar-refractivity contribution < 1.29 is 8.83 Å². The van der Waals surface area contributed by atoms with Crippen LogP contribution in [-0.2, 0) is 0 Å². The van der Waals surface area contributed by atoms with Crippen LogP contribution in [0.1, 0.15) is 0 Å². The highest BCUT2D eigenvalue weighted by atomic mass is 32.1. The molecule has 0 aliphatic heterocycles. The lowest BCUT2D eigenvalue weighted by Crippen LogP contribution is -2.05. The van der Waals surface area contributed by atoms with Gasteiger partial charge in [0, 0.05) is 150 Å². The fourth-order valence-corrected chi connectivity index (χ4v) is 21.7. The van der Waals surface area contributed by atoms with E-state index in [9.17, 15) is 0 Å². The van der Waals surface area contributed by atoms with Gasteiger partial charge in [-0.2, -0.15) is 0 Å². The molecule has 28 rings (SSSR count). The fraction of sp³-hybridized carbons (Fsp3) is 0. The quantitative estimate of drug-likeness (QED) is 0.0999. The molecule has 0 unspecified atom stereocenters. The van der Waals surface area contributed by atoms with Crippen LogP contribution >= 0.6 is 22.7 Å². The van der Waals surface area contributed by atoms with E-state index in [1.807, 2.05) is 236 Å². The Hall–Kier alpha value is -18.4. The molecule has 16 nitrogen and oxygen atoms in total. The average molecular weight is 1800 g/mol. The van der Waals surface area contributed by atoms with Crippen molar-refractivity contribution in [2.75, 3.05) is 0 Å². The zero-order valence-corrected chi connectivity index (χ0v) is 74.9. The molecule has 0 saturated heterocycles. The molecule has 10 aromatic heterocycles. The van der Waals surface area contributed by atoms with E-state index in [4.69, 9.17) is 68.6 Å². The van der Waals surface area contributed by atoms with Crippen LogP contribution in [0.4, 0.5) is 0 Å². The molecule has 10 heterocycles. The van der Waals surface area contributed by atoms with Crippen LogP contribution in [0.25, 0.3) is 276 Å². The number of hydrogen-bond acceptors (Lipinski definition) is 16. The molecule has 0 amide bonds.